The van der Waals surface area contributed by atoms with Gasteiger partial charge in [0.25, 0.3) is 20.0 Å². The van der Waals surface area contributed by atoms with E-state index in [-0.39, 0.29) is 28.3 Å². The third kappa shape index (κ3) is 8.44. The summed E-state index contributed by atoms with van der Waals surface area (Å²) in [7, 11) is -7.54. The molecule has 0 bridgehead atoms. The highest BCUT2D eigenvalue weighted by Crippen LogP contribution is 2.26. The van der Waals surface area contributed by atoms with Gasteiger partial charge < -0.3 is 0 Å². The summed E-state index contributed by atoms with van der Waals surface area (Å²) in [6.07, 6.45) is 1.13. The molecule has 44 heavy (non-hydrogen) atoms. The highest BCUT2D eigenvalue weighted by molar-refractivity contribution is 7.93. The Bertz CT molecular complexity index is 1560. The summed E-state index contributed by atoms with van der Waals surface area (Å²) in [6, 6.07) is 32.1. The SMILES string of the molecule is Cc1ccc(S(=O)(=O)N(CCCN(CCCN(c2ccccc2)S(=O)(=O)c2ccc(C)cc2)C(C)S)c2ccccc2)cc1. The summed E-state index contributed by atoms with van der Waals surface area (Å²) in [5.74, 6) is 0. The second-order valence-corrected chi connectivity index (χ2v) is 15.3. The van der Waals surface area contributed by atoms with E-state index in [4.69, 9.17) is 12.6 Å². The molecule has 0 amide bonds. The van der Waals surface area contributed by atoms with Crippen molar-refractivity contribution < 1.29 is 16.8 Å². The van der Waals surface area contributed by atoms with Crippen LogP contribution in [-0.2, 0) is 20.0 Å². The van der Waals surface area contributed by atoms with Crippen LogP contribution in [0.2, 0.25) is 0 Å². The maximum Gasteiger partial charge on any atom is 0.264 e. The second kappa shape index (κ2) is 15.1. The van der Waals surface area contributed by atoms with Gasteiger partial charge in [-0.25, -0.2) is 16.8 Å². The summed E-state index contributed by atoms with van der Waals surface area (Å²) in [5, 5.41) is -0.104. The fourth-order valence-electron chi connectivity index (χ4n) is 4.96. The van der Waals surface area contributed by atoms with Gasteiger partial charge in [-0.3, -0.25) is 13.5 Å². The molecule has 0 aliphatic heterocycles. The average Bonchev–Trinajstić information content (AvgIpc) is 3.01. The van der Waals surface area contributed by atoms with E-state index in [1.54, 1.807) is 72.8 Å². The van der Waals surface area contributed by atoms with Crippen molar-refractivity contribution in [3.63, 3.8) is 0 Å². The fourth-order valence-corrected chi connectivity index (χ4v) is 8.20. The van der Waals surface area contributed by atoms with E-state index in [2.05, 4.69) is 4.90 Å². The van der Waals surface area contributed by atoms with Crippen molar-refractivity contribution in [3.05, 3.63) is 120 Å². The Morgan fingerprint density at radius 3 is 1.20 bits per heavy atom. The molecule has 0 fully saturated rings. The molecule has 0 aromatic heterocycles. The molecule has 0 spiro atoms. The van der Waals surface area contributed by atoms with Gasteiger partial charge in [0.2, 0.25) is 0 Å². The van der Waals surface area contributed by atoms with Gasteiger partial charge in [0, 0.05) is 31.6 Å². The molecule has 1 atom stereocenters. The molecule has 0 N–H and O–H groups in total. The number of thiol groups is 1. The van der Waals surface area contributed by atoms with Crippen molar-refractivity contribution in [3.8, 4) is 0 Å². The van der Waals surface area contributed by atoms with E-state index in [1.165, 1.54) is 8.61 Å². The first-order valence-electron chi connectivity index (χ1n) is 14.7. The molecule has 4 aromatic carbocycles. The molecule has 0 radical (unpaired) electrons. The molecule has 234 valence electrons. The molecule has 0 aliphatic rings. The van der Waals surface area contributed by atoms with Gasteiger partial charge in [-0.15, -0.1) is 0 Å². The zero-order chi connectivity index (χ0) is 31.7. The second-order valence-electron chi connectivity index (χ2n) is 10.8. The van der Waals surface area contributed by atoms with E-state index in [9.17, 15) is 16.8 Å². The maximum atomic E-state index is 13.7. The van der Waals surface area contributed by atoms with E-state index >= 15 is 0 Å². The summed E-state index contributed by atoms with van der Waals surface area (Å²) >= 11 is 4.69. The van der Waals surface area contributed by atoms with Crippen LogP contribution in [0.15, 0.2) is 119 Å². The topological polar surface area (TPSA) is 78.0 Å². The summed E-state index contributed by atoms with van der Waals surface area (Å²) in [4.78, 5) is 2.65. The van der Waals surface area contributed by atoms with E-state index in [0.29, 0.717) is 37.3 Å². The fraction of sp³-hybridized carbons (Fsp3) is 0.294. The van der Waals surface area contributed by atoms with E-state index in [1.807, 2.05) is 57.2 Å². The van der Waals surface area contributed by atoms with Crippen LogP contribution in [-0.4, -0.2) is 53.3 Å². The van der Waals surface area contributed by atoms with Crippen LogP contribution in [0, 0.1) is 13.8 Å². The third-order valence-corrected chi connectivity index (χ3v) is 11.5. The monoisotopic (exact) mass is 651 g/mol. The quantitative estimate of drug-likeness (QED) is 0.114. The van der Waals surface area contributed by atoms with Gasteiger partial charge >= 0.3 is 0 Å². The van der Waals surface area contributed by atoms with Gasteiger partial charge in [0.15, 0.2) is 0 Å². The molecular formula is C34H41N3O4S3. The Balaban J connectivity index is 1.46. The number of hydrogen-bond donors (Lipinski definition) is 1. The van der Waals surface area contributed by atoms with Crippen molar-refractivity contribution in [1.82, 2.24) is 4.90 Å². The normalized spacial score (nSPS) is 12.7. The Kier molecular flexibility index (Phi) is 11.5. The zero-order valence-corrected chi connectivity index (χ0v) is 28.0. The predicted molar refractivity (Wildman–Crippen MR) is 184 cm³/mol. The molecule has 0 saturated carbocycles. The lowest BCUT2D eigenvalue weighted by Gasteiger charge is -2.30. The van der Waals surface area contributed by atoms with Gasteiger partial charge in [-0.1, -0.05) is 71.8 Å². The van der Waals surface area contributed by atoms with Gasteiger partial charge in [0.1, 0.15) is 0 Å². The number of rotatable bonds is 15. The molecule has 0 saturated heterocycles. The third-order valence-electron chi connectivity index (χ3n) is 7.45. The molecule has 1 unspecified atom stereocenters. The predicted octanol–water partition coefficient (Wildman–Crippen LogP) is 6.75. The largest absolute Gasteiger partial charge is 0.292 e. The molecular weight excluding hydrogens is 611 g/mol. The van der Waals surface area contributed by atoms with Crippen molar-refractivity contribution in [2.45, 2.75) is 48.8 Å². The smallest absolute Gasteiger partial charge is 0.264 e. The van der Waals surface area contributed by atoms with Crippen LogP contribution < -0.4 is 8.61 Å². The van der Waals surface area contributed by atoms with E-state index < -0.39 is 20.0 Å². The first kappa shape index (κ1) is 33.6. The van der Waals surface area contributed by atoms with Crippen LogP contribution >= 0.6 is 12.6 Å². The summed E-state index contributed by atoms with van der Waals surface area (Å²) in [5.41, 5.74) is 3.20. The van der Waals surface area contributed by atoms with Gasteiger partial charge in [0.05, 0.1) is 21.2 Å². The number of anilines is 2. The minimum atomic E-state index is -3.77. The van der Waals surface area contributed by atoms with E-state index in [0.717, 1.165) is 11.1 Å². The molecule has 4 rings (SSSR count). The van der Waals surface area contributed by atoms with Crippen LogP contribution in [0.1, 0.15) is 30.9 Å². The van der Waals surface area contributed by atoms with Crippen molar-refractivity contribution in [2.75, 3.05) is 34.8 Å². The Morgan fingerprint density at radius 2 is 0.886 bits per heavy atom. The van der Waals surface area contributed by atoms with Crippen molar-refractivity contribution in [2.24, 2.45) is 0 Å². The lowest BCUT2D eigenvalue weighted by molar-refractivity contribution is 0.265. The lowest BCUT2D eigenvalue weighted by atomic mass is 10.2. The highest BCUT2D eigenvalue weighted by atomic mass is 32.2. The number of hydrogen-bond acceptors (Lipinski definition) is 6. The minimum Gasteiger partial charge on any atom is -0.292 e. The van der Waals surface area contributed by atoms with Gasteiger partial charge in [-0.2, -0.15) is 12.6 Å². The minimum absolute atomic E-state index is 0.104. The first-order chi connectivity index (χ1) is 21.0. The lowest BCUT2D eigenvalue weighted by Crippen LogP contribution is -2.38. The van der Waals surface area contributed by atoms with Crippen molar-refractivity contribution in [1.29, 1.82) is 0 Å². The number of sulfonamides is 2. The summed E-state index contributed by atoms with van der Waals surface area (Å²) < 4.78 is 57.7. The molecule has 0 heterocycles. The number of para-hydroxylation sites is 2. The molecule has 10 heteroatoms. The molecule has 0 aliphatic carbocycles. The number of benzene rings is 4. The standard InChI is InChI=1S/C34H41N3O4S3/c1-28-16-20-33(21-17-28)43(38,39)36(31-12-6-4-7-13-31)26-10-24-35(30(3)42)25-11-27-37(32-14-8-5-9-15-32)44(40,41)34-22-18-29(2)19-23-34/h4-9,12-23,30,42H,10-11,24-27H2,1-3H3. The molecule has 7 nitrogen and oxygen atoms in total. The van der Waals surface area contributed by atoms with Gasteiger partial charge in [-0.05, 0) is 82.1 Å². The van der Waals surface area contributed by atoms with Crippen molar-refractivity contribution >= 4 is 44.1 Å². The van der Waals surface area contributed by atoms with Crippen LogP contribution in [0.25, 0.3) is 0 Å². The Morgan fingerprint density at radius 1 is 0.545 bits per heavy atom. The number of nitrogens with zero attached hydrogens (tertiary/aromatic N) is 3. The average molecular weight is 652 g/mol. The first-order valence-corrected chi connectivity index (χ1v) is 18.1. The summed E-state index contributed by atoms with van der Waals surface area (Å²) in [6.45, 7) is 7.58. The Labute approximate surface area is 268 Å². The number of aryl methyl sites for hydroxylation is 2. The van der Waals surface area contributed by atoms with Crippen LogP contribution in [0.3, 0.4) is 0 Å². The molecule has 4 aromatic rings. The zero-order valence-electron chi connectivity index (χ0n) is 25.5. The van der Waals surface area contributed by atoms with Crippen LogP contribution in [0.5, 0.6) is 0 Å². The van der Waals surface area contributed by atoms with Crippen LogP contribution in [0.4, 0.5) is 11.4 Å². The highest BCUT2D eigenvalue weighted by Gasteiger charge is 2.27. The Hall–Kier alpha value is -3.31. The maximum absolute atomic E-state index is 13.7.